The maximum atomic E-state index is 12.3. The highest BCUT2D eigenvalue weighted by molar-refractivity contribution is 7.88. The van der Waals surface area contributed by atoms with Crippen molar-refractivity contribution in [1.82, 2.24) is 9.21 Å². The van der Waals surface area contributed by atoms with Gasteiger partial charge in [-0.2, -0.15) is 4.31 Å². The number of sulfonamides is 1. The molecule has 1 amide bonds. The zero-order chi connectivity index (χ0) is 19.9. The van der Waals surface area contributed by atoms with Gasteiger partial charge in [0.1, 0.15) is 5.88 Å². The molecule has 0 radical (unpaired) electrons. The first-order valence-electron chi connectivity index (χ1n) is 9.35. The van der Waals surface area contributed by atoms with E-state index in [2.05, 4.69) is 30.3 Å². The number of benzene rings is 2. The molecular weight excluding hydrogens is 396 g/mol. The topological polar surface area (TPSA) is 57.7 Å². The zero-order valence-corrected chi connectivity index (χ0v) is 17.3. The fourth-order valence-electron chi connectivity index (χ4n) is 4.22. The van der Waals surface area contributed by atoms with Crippen LogP contribution in [0.1, 0.15) is 33.7 Å². The highest BCUT2D eigenvalue weighted by Gasteiger charge is 2.30. The standard InChI is InChI=1S/C21H23ClN2O3S/c1-28(26,27)24-9-8-15-6-7-16(10-18(15)13-24)20-14-23(21(25)11-22)12-17-4-2-3-5-19(17)20/h2-7,10,20H,8-9,11-14H2,1H3. The lowest BCUT2D eigenvalue weighted by molar-refractivity contribution is -0.129. The highest BCUT2D eigenvalue weighted by atomic mass is 35.5. The van der Waals surface area contributed by atoms with Crippen molar-refractivity contribution in [2.75, 3.05) is 25.2 Å². The van der Waals surface area contributed by atoms with E-state index < -0.39 is 10.0 Å². The summed E-state index contributed by atoms with van der Waals surface area (Å²) in [5.41, 5.74) is 5.70. The van der Waals surface area contributed by atoms with Gasteiger partial charge in [-0.1, -0.05) is 42.5 Å². The Morgan fingerprint density at radius 3 is 2.64 bits per heavy atom. The molecule has 148 valence electrons. The van der Waals surface area contributed by atoms with Crippen molar-refractivity contribution >= 4 is 27.5 Å². The minimum atomic E-state index is -3.21. The average molecular weight is 419 g/mol. The van der Waals surface area contributed by atoms with Gasteiger partial charge in [-0.05, 0) is 34.2 Å². The molecule has 0 fully saturated rings. The normalized spacial score (nSPS) is 19.8. The second kappa shape index (κ2) is 7.50. The first-order chi connectivity index (χ1) is 13.4. The van der Waals surface area contributed by atoms with Crippen LogP contribution < -0.4 is 0 Å². The lowest BCUT2D eigenvalue weighted by Gasteiger charge is -2.35. The number of alkyl halides is 1. The summed E-state index contributed by atoms with van der Waals surface area (Å²) >= 11 is 5.81. The summed E-state index contributed by atoms with van der Waals surface area (Å²) in [6.45, 7) is 2.08. The molecule has 2 aliphatic heterocycles. The number of amides is 1. The average Bonchev–Trinajstić information content (AvgIpc) is 2.70. The van der Waals surface area contributed by atoms with Crippen molar-refractivity contribution in [1.29, 1.82) is 0 Å². The van der Waals surface area contributed by atoms with Crippen LogP contribution in [0, 0.1) is 0 Å². The van der Waals surface area contributed by atoms with Crippen molar-refractivity contribution < 1.29 is 13.2 Å². The van der Waals surface area contributed by atoms with E-state index in [0.29, 0.717) is 26.2 Å². The summed E-state index contributed by atoms with van der Waals surface area (Å²) in [7, 11) is -3.21. The van der Waals surface area contributed by atoms with Gasteiger partial charge in [0.25, 0.3) is 0 Å². The monoisotopic (exact) mass is 418 g/mol. The Kier molecular flexibility index (Phi) is 5.21. The second-order valence-electron chi connectivity index (χ2n) is 7.53. The zero-order valence-electron chi connectivity index (χ0n) is 15.8. The fraction of sp³-hybridized carbons (Fsp3) is 0.381. The molecule has 1 unspecified atom stereocenters. The predicted molar refractivity (Wildman–Crippen MR) is 110 cm³/mol. The van der Waals surface area contributed by atoms with Crippen LogP contribution in [0.25, 0.3) is 0 Å². The maximum Gasteiger partial charge on any atom is 0.237 e. The van der Waals surface area contributed by atoms with Gasteiger partial charge in [0, 0.05) is 32.1 Å². The number of hydrogen-bond acceptors (Lipinski definition) is 3. The highest BCUT2D eigenvalue weighted by Crippen LogP contribution is 2.35. The van der Waals surface area contributed by atoms with Gasteiger partial charge in [-0.25, -0.2) is 8.42 Å². The minimum Gasteiger partial charge on any atom is -0.336 e. The van der Waals surface area contributed by atoms with Crippen LogP contribution >= 0.6 is 11.6 Å². The number of fused-ring (bicyclic) bond motifs is 2. The molecule has 0 saturated heterocycles. The molecule has 0 bridgehead atoms. The summed E-state index contributed by atoms with van der Waals surface area (Å²) in [5.74, 6) is -0.0408. The van der Waals surface area contributed by atoms with Crippen LogP contribution in [-0.2, 0) is 34.3 Å². The Morgan fingerprint density at radius 1 is 1.11 bits per heavy atom. The summed E-state index contributed by atoms with van der Waals surface area (Å²) in [5, 5.41) is 0. The van der Waals surface area contributed by atoms with Crippen molar-refractivity contribution in [3.05, 3.63) is 70.3 Å². The Morgan fingerprint density at radius 2 is 1.89 bits per heavy atom. The number of carbonyl (C=O) groups is 1. The van der Waals surface area contributed by atoms with E-state index in [9.17, 15) is 13.2 Å². The quantitative estimate of drug-likeness (QED) is 0.720. The molecule has 0 aromatic heterocycles. The Bertz CT molecular complexity index is 1020. The number of nitrogens with zero attached hydrogens (tertiary/aromatic N) is 2. The van der Waals surface area contributed by atoms with E-state index in [1.165, 1.54) is 21.7 Å². The van der Waals surface area contributed by atoms with Gasteiger partial charge in [-0.3, -0.25) is 4.79 Å². The Hall–Kier alpha value is -1.89. The van der Waals surface area contributed by atoms with Gasteiger partial charge >= 0.3 is 0 Å². The van der Waals surface area contributed by atoms with Gasteiger partial charge in [0.15, 0.2) is 0 Å². The summed E-state index contributed by atoms with van der Waals surface area (Å²) in [6.07, 6.45) is 1.98. The van der Waals surface area contributed by atoms with Crippen LogP contribution in [-0.4, -0.2) is 48.8 Å². The lowest BCUT2D eigenvalue weighted by Crippen LogP contribution is -2.39. The molecule has 2 aromatic carbocycles. The van der Waals surface area contributed by atoms with E-state index in [-0.39, 0.29) is 17.7 Å². The van der Waals surface area contributed by atoms with Gasteiger partial charge in [-0.15, -0.1) is 11.6 Å². The Labute approximate surface area is 171 Å². The molecular formula is C21H23ClN2O3S. The third-order valence-electron chi connectivity index (χ3n) is 5.74. The van der Waals surface area contributed by atoms with Crippen LogP contribution in [0.15, 0.2) is 42.5 Å². The van der Waals surface area contributed by atoms with E-state index in [1.807, 2.05) is 17.0 Å². The van der Waals surface area contributed by atoms with Gasteiger partial charge < -0.3 is 4.90 Å². The molecule has 2 aromatic rings. The maximum absolute atomic E-state index is 12.3. The van der Waals surface area contributed by atoms with Crippen LogP contribution in [0.3, 0.4) is 0 Å². The number of carbonyl (C=O) groups excluding carboxylic acids is 1. The van der Waals surface area contributed by atoms with E-state index in [0.717, 1.165) is 23.1 Å². The predicted octanol–water partition coefficient (Wildman–Crippen LogP) is 2.72. The molecule has 0 saturated carbocycles. The van der Waals surface area contributed by atoms with E-state index in [1.54, 1.807) is 0 Å². The Balaban J connectivity index is 1.71. The molecule has 4 rings (SSSR count). The van der Waals surface area contributed by atoms with E-state index >= 15 is 0 Å². The first-order valence-corrected chi connectivity index (χ1v) is 11.7. The lowest BCUT2D eigenvalue weighted by atomic mass is 9.83. The molecule has 2 aliphatic rings. The van der Waals surface area contributed by atoms with Crippen molar-refractivity contribution in [3.63, 3.8) is 0 Å². The van der Waals surface area contributed by atoms with Gasteiger partial charge in [0.05, 0.1) is 6.26 Å². The smallest absolute Gasteiger partial charge is 0.237 e. The van der Waals surface area contributed by atoms with Crippen molar-refractivity contribution in [2.45, 2.75) is 25.4 Å². The third-order valence-corrected chi connectivity index (χ3v) is 7.22. The molecule has 5 nitrogen and oxygen atoms in total. The third kappa shape index (κ3) is 3.69. The van der Waals surface area contributed by atoms with Crippen LogP contribution in [0.4, 0.5) is 0 Å². The van der Waals surface area contributed by atoms with Crippen LogP contribution in [0.2, 0.25) is 0 Å². The molecule has 28 heavy (non-hydrogen) atoms. The molecule has 2 heterocycles. The summed E-state index contributed by atoms with van der Waals surface area (Å²) in [6, 6.07) is 14.5. The molecule has 7 heteroatoms. The number of rotatable bonds is 3. The molecule has 1 atom stereocenters. The van der Waals surface area contributed by atoms with Crippen LogP contribution in [0.5, 0.6) is 0 Å². The number of hydrogen-bond donors (Lipinski definition) is 0. The SMILES string of the molecule is CS(=O)(=O)N1CCc2ccc(C3CN(C(=O)CCl)Cc4ccccc43)cc2C1. The number of halogens is 1. The largest absolute Gasteiger partial charge is 0.336 e. The molecule has 0 N–H and O–H groups in total. The second-order valence-corrected chi connectivity index (χ2v) is 9.78. The van der Waals surface area contributed by atoms with Crippen molar-refractivity contribution in [3.8, 4) is 0 Å². The van der Waals surface area contributed by atoms with Crippen molar-refractivity contribution in [2.24, 2.45) is 0 Å². The molecule has 0 aliphatic carbocycles. The first kappa shape index (κ1) is 19.4. The van der Waals surface area contributed by atoms with E-state index in [4.69, 9.17) is 11.6 Å². The van der Waals surface area contributed by atoms with Gasteiger partial charge in [0.2, 0.25) is 15.9 Å². The minimum absolute atomic E-state index is 0.0254. The fourth-order valence-corrected chi connectivity index (χ4v) is 5.18. The molecule has 0 spiro atoms. The summed E-state index contributed by atoms with van der Waals surface area (Å²) < 4.78 is 25.5. The summed E-state index contributed by atoms with van der Waals surface area (Å²) in [4.78, 5) is 14.1.